The zero-order valence-electron chi connectivity index (χ0n) is 17.7. The highest BCUT2D eigenvalue weighted by molar-refractivity contribution is 6.30. The fourth-order valence-electron chi connectivity index (χ4n) is 3.56. The Morgan fingerprint density at radius 2 is 1.97 bits per heavy atom. The number of fused-ring (bicyclic) bond motifs is 1. The molecule has 31 heavy (non-hydrogen) atoms. The number of guanidine groups is 1. The van der Waals surface area contributed by atoms with Gasteiger partial charge >= 0.3 is 0 Å². The Bertz CT molecular complexity index is 1150. The highest BCUT2D eigenvalue weighted by Gasteiger charge is 2.15. The molecule has 0 aliphatic heterocycles. The molecular formula is C23H26ClN7. The van der Waals surface area contributed by atoms with Gasteiger partial charge in [-0.25, -0.2) is 4.98 Å². The maximum atomic E-state index is 6.06. The molecule has 3 aromatic heterocycles. The maximum absolute atomic E-state index is 6.06. The predicted molar refractivity (Wildman–Crippen MR) is 125 cm³/mol. The number of nitrogens with one attached hydrogen (secondary N) is 2. The largest absolute Gasteiger partial charge is 0.356 e. The summed E-state index contributed by atoms with van der Waals surface area (Å²) in [4.78, 5) is 9.09. The number of aromatic nitrogens is 4. The van der Waals surface area contributed by atoms with E-state index in [9.17, 15) is 0 Å². The van der Waals surface area contributed by atoms with E-state index in [1.807, 2.05) is 53.5 Å². The van der Waals surface area contributed by atoms with Crippen LogP contribution in [-0.4, -0.2) is 45.3 Å². The molecule has 1 atom stereocenters. The lowest BCUT2D eigenvalue weighted by molar-refractivity contribution is 0.511. The first-order valence-corrected chi connectivity index (χ1v) is 10.6. The Balaban J connectivity index is 1.36. The van der Waals surface area contributed by atoms with Crippen LogP contribution in [0.1, 0.15) is 22.9 Å². The average molecular weight is 436 g/mol. The summed E-state index contributed by atoms with van der Waals surface area (Å²) in [5.74, 6) is 0.742. The van der Waals surface area contributed by atoms with Crippen LogP contribution in [0.3, 0.4) is 0 Å². The van der Waals surface area contributed by atoms with Gasteiger partial charge in [0.1, 0.15) is 5.65 Å². The fourth-order valence-corrected chi connectivity index (χ4v) is 3.69. The minimum Gasteiger partial charge on any atom is -0.356 e. The van der Waals surface area contributed by atoms with Gasteiger partial charge in [-0.3, -0.25) is 9.67 Å². The molecular weight excluding hydrogens is 410 g/mol. The van der Waals surface area contributed by atoms with Crippen molar-refractivity contribution in [2.45, 2.75) is 19.4 Å². The van der Waals surface area contributed by atoms with Crippen LogP contribution in [0.2, 0.25) is 5.02 Å². The van der Waals surface area contributed by atoms with Crippen molar-refractivity contribution in [3.8, 4) is 0 Å². The molecule has 0 aliphatic carbocycles. The van der Waals surface area contributed by atoms with Crippen LogP contribution in [0.15, 0.2) is 72.2 Å². The lowest BCUT2D eigenvalue weighted by atomic mass is 10.1. The van der Waals surface area contributed by atoms with Crippen molar-refractivity contribution in [2.24, 2.45) is 4.99 Å². The van der Waals surface area contributed by atoms with E-state index in [2.05, 4.69) is 44.3 Å². The van der Waals surface area contributed by atoms with Gasteiger partial charge < -0.3 is 15.0 Å². The highest BCUT2D eigenvalue weighted by Crippen LogP contribution is 2.19. The van der Waals surface area contributed by atoms with Gasteiger partial charge in [-0.15, -0.1) is 0 Å². The molecule has 8 heteroatoms. The number of benzene rings is 1. The summed E-state index contributed by atoms with van der Waals surface area (Å²) in [7, 11) is 1.77. The van der Waals surface area contributed by atoms with Gasteiger partial charge in [0.2, 0.25) is 0 Å². The van der Waals surface area contributed by atoms with Crippen molar-refractivity contribution in [1.29, 1.82) is 0 Å². The predicted octanol–water partition coefficient (Wildman–Crippen LogP) is 3.49. The van der Waals surface area contributed by atoms with E-state index in [0.29, 0.717) is 6.54 Å². The summed E-state index contributed by atoms with van der Waals surface area (Å²) in [6, 6.07) is 13.9. The van der Waals surface area contributed by atoms with Gasteiger partial charge in [-0.1, -0.05) is 29.8 Å². The molecule has 0 spiro atoms. The van der Waals surface area contributed by atoms with E-state index < -0.39 is 0 Å². The van der Waals surface area contributed by atoms with Crippen molar-refractivity contribution >= 4 is 23.2 Å². The first-order valence-electron chi connectivity index (χ1n) is 10.3. The molecule has 0 aliphatic rings. The summed E-state index contributed by atoms with van der Waals surface area (Å²) < 4.78 is 4.00. The van der Waals surface area contributed by atoms with Crippen LogP contribution in [-0.2, 0) is 6.42 Å². The molecule has 0 radical (unpaired) electrons. The molecule has 0 amide bonds. The Hall–Kier alpha value is -3.32. The lowest BCUT2D eigenvalue weighted by Gasteiger charge is -2.20. The monoisotopic (exact) mass is 435 g/mol. The molecule has 0 fully saturated rings. The maximum Gasteiger partial charge on any atom is 0.191 e. The molecule has 3 heterocycles. The molecule has 1 unspecified atom stereocenters. The van der Waals surface area contributed by atoms with Crippen LogP contribution < -0.4 is 10.6 Å². The number of hydrogen-bond donors (Lipinski definition) is 2. The first kappa shape index (κ1) is 20.9. The van der Waals surface area contributed by atoms with E-state index >= 15 is 0 Å². The SMILES string of the molecule is CN=C(NCCc1cn2cccc(C)c2n1)NCC(c1ccc(Cl)cc1)n1cccn1. The topological polar surface area (TPSA) is 71.5 Å². The van der Waals surface area contributed by atoms with Gasteiger partial charge in [-0.2, -0.15) is 5.10 Å². The smallest absolute Gasteiger partial charge is 0.191 e. The van der Waals surface area contributed by atoms with Crippen LogP contribution in [0.25, 0.3) is 5.65 Å². The van der Waals surface area contributed by atoms with Gasteiger partial charge in [-0.05, 0) is 42.3 Å². The third-order valence-corrected chi connectivity index (χ3v) is 5.44. The molecule has 160 valence electrons. The highest BCUT2D eigenvalue weighted by atomic mass is 35.5. The van der Waals surface area contributed by atoms with E-state index in [1.54, 1.807) is 13.2 Å². The van der Waals surface area contributed by atoms with Gasteiger partial charge in [0, 0.05) is 56.4 Å². The number of pyridine rings is 1. The molecule has 0 bridgehead atoms. The second-order valence-electron chi connectivity index (χ2n) is 7.34. The van der Waals surface area contributed by atoms with Crippen molar-refractivity contribution < 1.29 is 0 Å². The minimum atomic E-state index is 0.0206. The lowest BCUT2D eigenvalue weighted by Crippen LogP contribution is -2.41. The normalized spacial score (nSPS) is 12.8. The second kappa shape index (κ2) is 9.66. The number of rotatable bonds is 7. The Morgan fingerprint density at radius 1 is 1.13 bits per heavy atom. The van der Waals surface area contributed by atoms with Crippen molar-refractivity contribution in [1.82, 2.24) is 29.8 Å². The molecule has 4 aromatic rings. The summed E-state index contributed by atoms with van der Waals surface area (Å²) in [6.45, 7) is 3.44. The van der Waals surface area contributed by atoms with Crippen molar-refractivity contribution in [3.63, 3.8) is 0 Å². The van der Waals surface area contributed by atoms with E-state index in [4.69, 9.17) is 16.6 Å². The van der Waals surface area contributed by atoms with Crippen LogP contribution >= 0.6 is 11.6 Å². The van der Waals surface area contributed by atoms with Crippen molar-refractivity contribution in [3.05, 3.63) is 89.1 Å². The summed E-state index contributed by atoms with van der Waals surface area (Å²) >= 11 is 6.06. The molecule has 2 N–H and O–H groups in total. The van der Waals surface area contributed by atoms with Gasteiger partial charge in [0.15, 0.2) is 5.96 Å². The zero-order chi connectivity index (χ0) is 21.6. The van der Waals surface area contributed by atoms with E-state index in [0.717, 1.165) is 40.9 Å². The van der Waals surface area contributed by atoms with E-state index in [-0.39, 0.29) is 6.04 Å². The molecule has 7 nitrogen and oxygen atoms in total. The number of imidazole rings is 1. The van der Waals surface area contributed by atoms with Crippen molar-refractivity contribution in [2.75, 3.05) is 20.1 Å². The molecule has 0 saturated heterocycles. The van der Waals surface area contributed by atoms with Gasteiger partial charge in [0.05, 0.1) is 11.7 Å². The van der Waals surface area contributed by atoms with E-state index in [1.165, 1.54) is 5.56 Å². The van der Waals surface area contributed by atoms with Crippen LogP contribution in [0, 0.1) is 6.92 Å². The Morgan fingerprint density at radius 3 is 2.68 bits per heavy atom. The summed E-state index contributed by atoms with van der Waals surface area (Å²) in [5, 5.41) is 11.9. The minimum absolute atomic E-state index is 0.0206. The third kappa shape index (κ3) is 5.06. The van der Waals surface area contributed by atoms with Crippen LogP contribution in [0.4, 0.5) is 0 Å². The quantitative estimate of drug-likeness (QED) is 0.344. The summed E-state index contributed by atoms with van der Waals surface area (Å²) in [5.41, 5.74) is 4.35. The standard InChI is InChI=1S/C23H26ClN7/c1-17-5-3-13-30-16-20(29-22(17)30)10-12-26-23(25-2)27-15-21(31-14-4-11-28-31)18-6-8-19(24)9-7-18/h3-9,11,13-14,16,21H,10,12,15H2,1-2H3,(H2,25,26,27). The molecule has 0 saturated carbocycles. The second-order valence-corrected chi connectivity index (χ2v) is 7.77. The average Bonchev–Trinajstić information content (AvgIpc) is 3.44. The third-order valence-electron chi connectivity index (χ3n) is 5.19. The Kier molecular flexibility index (Phi) is 6.52. The summed E-state index contributed by atoms with van der Waals surface area (Å²) in [6.07, 6.45) is 8.66. The van der Waals surface area contributed by atoms with Gasteiger partial charge in [0.25, 0.3) is 0 Å². The number of aliphatic imine (C=N–C) groups is 1. The zero-order valence-corrected chi connectivity index (χ0v) is 18.4. The molecule has 4 rings (SSSR count). The number of nitrogens with zero attached hydrogens (tertiary/aromatic N) is 5. The first-order chi connectivity index (χ1) is 15.1. The molecule has 1 aromatic carbocycles. The number of aryl methyl sites for hydroxylation is 1. The fraction of sp³-hybridized carbons (Fsp3) is 0.261. The number of hydrogen-bond acceptors (Lipinski definition) is 3. The Labute approximate surface area is 186 Å². The van der Waals surface area contributed by atoms with Crippen LogP contribution in [0.5, 0.6) is 0 Å². The number of halogens is 1.